The third-order valence-corrected chi connectivity index (χ3v) is 6.25. The van der Waals surface area contributed by atoms with Crippen LogP contribution in [-0.4, -0.2) is 36.0 Å². The van der Waals surface area contributed by atoms with Crippen LogP contribution in [0.5, 0.6) is 0 Å². The summed E-state index contributed by atoms with van der Waals surface area (Å²) in [6.45, 7) is 0.490. The zero-order valence-electron chi connectivity index (χ0n) is 11.8. The largest absolute Gasteiger partial charge is 0.390 e. The molecule has 0 atom stereocenters. The Kier molecular flexibility index (Phi) is 3.64. The highest BCUT2D eigenvalue weighted by Crippen LogP contribution is 2.37. The van der Waals surface area contributed by atoms with Crippen LogP contribution in [0.4, 0.5) is 0 Å². The van der Waals surface area contributed by atoms with E-state index in [9.17, 15) is 13.5 Å². The van der Waals surface area contributed by atoms with E-state index in [2.05, 4.69) is 0 Å². The number of aromatic nitrogens is 1. The smallest absolute Gasteiger partial charge is 0.244 e. The van der Waals surface area contributed by atoms with Gasteiger partial charge in [0, 0.05) is 31.5 Å². The fourth-order valence-electron chi connectivity index (χ4n) is 2.77. The number of rotatable bonds is 6. The summed E-state index contributed by atoms with van der Waals surface area (Å²) in [5.74, 6) is 0.512. The lowest BCUT2D eigenvalue weighted by Crippen LogP contribution is -2.34. The first kappa shape index (κ1) is 14.1. The summed E-state index contributed by atoms with van der Waals surface area (Å²) in [6, 6.07) is 1.99. The van der Waals surface area contributed by atoms with E-state index in [0.29, 0.717) is 29.1 Å². The zero-order chi connectivity index (χ0) is 14.3. The Morgan fingerprint density at radius 3 is 2.55 bits per heavy atom. The topological polar surface area (TPSA) is 62.5 Å². The van der Waals surface area contributed by atoms with Crippen molar-refractivity contribution in [2.75, 3.05) is 13.6 Å². The van der Waals surface area contributed by atoms with Crippen LogP contribution in [0, 0.1) is 5.92 Å². The molecule has 0 aliphatic heterocycles. The maximum Gasteiger partial charge on any atom is 0.244 e. The van der Waals surface area contributed by atoms with Crippen LogP contribution in [-0.2, 0) is 16.6 Å². The number of aliphatic hydroxyl groups excluding tert-OH is 1. The van der Waals surface area contributed by atoms with Crippen molar-refractivity contribution < 1.29 is 13.5 Å². The summed E-state index contributed by atoms with van der Waals surface area (Å²) in [5.41, 5.74) is 0.697. The molecule has 0 radical (unpaired) electrons. The van der Waals surface area contributed by atoms with Crippen LogP contribution in [0.3, 0.4) is 0 Å². The Balaban J connectivity index is 1.82. The van der Waals surface area contributed by atoms with Crippen molar-refractivity contribution in [1.29, 1.82) is 0 Å². The molecule has 3 rings (SSSR count). The number of hydrogen-bond acceptors (Lipinski definition) is 3. The van der Waals surface area contributed by atoms with Crippen LogP contribution in [0.1, 0.15) is 43.8 Å². The van der Waals surface area contributed by atoms with Crippen molar-refractivity contribution in [3.05, 3.63) is 18.0 Å². The number of nitrogens with zero attached hydrogens (tertiary/aromatic N) is 2. The minimum atomic E-state index is -3.43. The Morgan fingerprint density at radius 1 is 1.35 bits per heavy atom. The highest BCUT2D eigenvalue weighted by Gasteiger charge is 2.31. The van der Waals surface area contributed by atoms with Gasteiger partial charge in [-0.15, -0.1) is 0 Å². The summed E-state index contributed by atoms with van der Waals surface area (Å²) in [7, 11) is -1.77. The Bertz CT molecular complexity index is 586. The minimum absolute atomic E-state index is 0.113. The molecular weight excluding hydrogens is 276 g/mol. The molecule has 1 aromatic heterocycles. The van der Waals surface area contributed by atoms with Gasteiger partial charge in [0.25, 0.3) is 0 Å². The number of sulfonamides is 1. The number of hydrogen-bond donors (Lipinski definition) is 1. The van der Waals surface area contributed by atoms with E-state index in [1.54, 1.807) is 19.3 Å². The van der Waals surface area contributed by atoms with E-state index in [1.165, 1.54) is 10.7 Å². The molecule has 2 aliphatic rings. The Hall–Kier alpha value is -0.850. The van der Waals surface area contributed by atoms with E-state index >= 15 is 0 Å². The molecule has 2 aliphatic carbocycles. The second-order valence-corrected chi connectivity index (χ2v) is 8.09. The molecule has 0 spiro atoms. The van der Waals surface area contributed by atoms with Gasteiger partial charge in [-0.3, -0.25) is 0 Å². The van der Waals surface area contributed by atoms with E-state index in [1.807, 2.05) is 4.57 Å². The third kappa shape index (κ3) is 2.52. The molecule has 1 aromatic rings. The highest BCUT2D eigenvalue weighted by atomic mass is 32.2. The molecule has 0 aromatic carbocycles. The Labute approximate surface area is 120 Å². The van der Waals surface area contributed by atoms with Crippen LogP contribution >= 0.6 is 0 Å². The average Bonchev–Trinajstić information content (AvgIpc) is 3.12. The molecule has 1 N–H and O–H groups in total. The van der Waals surface area contributed by atoms with Gasteiger partial charge in [0.2, 0.25) is 10.0 Å². The van der Waals surface area contributed by atoms with Crippen molar-refractivity contribution in [2.45, 2.75) is 49.6 Å². The summed E-state index contributed by atoms with van der Waals surface area (Å²) < 4.78 is 28.5. The van der Waals surface area contributed by atoms with Gasteiger partial charge in [-0.25, -0.2) is 12.7 Å². The molecule has 0 saturated heterocycles. The molecule has 5 nitrogen and oxygen atoms in total. The maximum absolute atomic E-state index is 12.6. The lowest BCUT2D eigenvalue weighted by atomic mass is 9.86. The number of aliphatic hydroxyl groups is 1. The van der Waals surface area contributed by atoms with Gasteiger partial charge in [0.15, 0.2) is 0 Å². The van der Waals surface area contributed by atoms with Gasteiger partial charge in [-0.05, 0) is 37.7 Å². The quantitative estimate of drug-likeness (QED) is 0.870. The van der Waals surface area contributed by atoms with Crippen LogP contribution in [0.15, 0.2) is 17.2 Å². The van der Waals surface area contributed by atoms with Crippen LogP contribution in [0.2, 0.25) is 0 Å². The maximum atomic E-state index is 12.6. The van der Waals surface area contributed by atoms with Gasteiger partial charge in [0.05, 0.1) is 6.61 Å². The summed E-state index contributed by atoms with van der Waals surface area (Å²) >= 11 is 0. The molecule has 20 heavy (non-hydrogen) atoms. The van der Waals surface area contributed by atoms with Crippen molar-refractivity contribution in [3.8, 4) is 0 Å². The SMILES string of the molecule is CN(CC1CCC1)S(=O)(=O)c1cc(CO)n(C2CC2)c1. The molecule has 1 heterocycles. The van der Waals surface area contributed by atoms with Gasteiger partial charge in [-0.2, -0.15) is 0 Å². The fourth-order valence-corrected chi connectivity index (χ4v) is 4.07. The second-order valence-electron chi connectivity index (χ2n) is 6.05. The standard InChI is InChI=1S/C14H22N2O3S/c1-15(8-11-3-2-4-11)20(18,19)14-7-13(10-17)16(9-14)12-5-6-12/h7,9,11-12,17H,2-6,8,10H2,1H3. The van der Waals surface area contributed by atoms with Gasteiger partial charge < -0.3 is 9.67 Å². The van der Waals surface area contributed by atoms with Crippen molar-refractivity contribution >= 4 is 10.0 Å². The van der Waals surface area contributed by atoms with Gasteiger partial charge in [-0.1, -0.05) is 6.42 Å². The summed E-state index contributed by atoms with van der Waals surface area (Å²) in [5, 5.41) is 9.38. The van der Waals surface area contributed by atoms with E-state index in [0.717, 1.165) is 25.7 Å². The predicted molar refractivity (Wildman–Crippen MR) is 75.8 cm³/mol. The Morgan fingerprint density at radius 2 is 2.05 bits per heavy atom. The summed E-state index contributed by atoms with van der Waals surface area (Å²) in [6.07, 6.45) is 7.30. The normalized spacial score (nSPS) is 20.4. The third-order valence-electron chi connectivity index (χ3n) is 4.46. The minimum Gasteiger partial charge on any atom is -0.390 e. The monoisotopic (exact) mass is 298 g/mol. The second kappa shape index (κ2) is 5.16. The van der Waals surface area contributed by atoms with E-state index < -0.39 is 10.0 Å². The van der Waals surface area contributed by atoms with Crippen molar-refractivity contribution in [3.63, 3.8) is 0 Å². The highest BCUT2D eigenvalue weighted by molar-refractivity contribution is 7.89. The van der Waals surface area contributed by atoms with Crippen molar-refractivity contribution in [2.24, 2.45) is 5.92 Å². The van der Waals surface area contributed by atoms with Gasteiger partial charge in [0.1, 0.15) is 4.90 Å². The lowest BCUT2D eigenvalue weighted by molar-refractivity contribution is 0.263. The average molecular weight is 298 g/mol. The zero-order valence-corrected chi connectivity index (χ0v) is 12.6. The molecule has 0 bridgehead atoms. The van der Waals surface area contributed by atoms with E-state index in [-0.39, 0.29) is 6.61 Å². The molecule has 6 heteroatoms. The summed E-state index contributed by atoms with van der Waals surface area (Å²) in [4.78, 5) is 0.315. The van der Waals surface area contributed by atoms with Gasteiger partial charge >= 0.3 is 0 Å². The molecule has 0 amide bonds. The lowest BCUT2D eigenvalue weighted by Gasteiger charge is -2.29. The van der Waals surface area contributed by atoms with Crippen molar-refractivity contribution in [1.82, 2.24) is 8.87 Å². The molecule has 0 unspecified atom stereocenters. The molecular formula is C14H22N2O3S. The predicted octanol–water partition coefficient (Wildman–Crippen LogP) is 1.74. The van der Waals surface area contributed by atoms with Crippen LogP contribution < -0.4 is 0 Å². The van der Waals surface area contributed by atoms with Crippen LogP contribution in [0.25, 0.3) is 0 Å². The first-order valence-corrected chi connectivity index (χ1v) is 8.74. The molecule has 2 saturated carbocycles. The fraction of sp³-hybridized carbons (Fsp3) is 0.714. The first-order chi connectivity index (χ1) is 9.52. The first-order valence-electron chi connectivity index (χ1n) is 7.30. The van der Waals surface area contributed by atoms with E-state index in [4.69, 9.17) is 0 Å². The molecule has 112 valence electrons. The molecule has 2 fully saturated rings.